The van der Waals surface area contributed by atoms with Crippen LogP contribution in [0.4, 0.5) is 20.3 Å². The highest BCUT2D eigenvalue weighted by molar-refractivity contribution is 6.09. The van der Waals surface area contributed by atoms with Gasteiger partial charge in [0.1, 0.15) is 23.1 Å². The van der Waals surface area contributed by atoms with Crippen LogP contribution in [0.1, 0.15) is 28.4 Å². The van der Waals surface area contributed by atoms with E-state index < -0.39 is 23.2 Å². The Balaban J connectivity index is 1.98. The van der Waals surface area contributed by atoms with Crippen LogP contribution in [-0.4, -0.2) is 16.7 Å². The number of para-hydroxylation sites is 1. The fraction of sp³-hybridized carbons (Fsp3) is 0.0952. The van der Waals surface area contributed by atoms with E-state index >= 15 is 0 Å². The number of anilines is 2. The number of pyridine rings is 1. The molecule has 1 amide bonds. The number of nitrogens with zero attached hydrogens (tertiary/aromatic N) is 2. The predicted octanol–water partition coefficient (Wildman–Crippen LogP) is 4.58. The van der Waals surface area contributed by atoms with Crippen molar-refractivity contribution in [2.75, 3.05) is 4.90 Å². The minimum absolute atomic E-state index is 0.0206. The van der Waals surface area contributed by atoms with E-state index in [-0.39, 0.29) is 11.6 Å². The first kappa shape index (κ1) is 18.4. The highest BCUT2D eigenvalue weighted by atomic mass is 19.1. The monoisotopic (exact) mass is 366 g/mol. The summed E-state index contributed by atoms with van der Waals surface area (Å²) in [7, 11) is 0. The zero-order chi connectivity index (χ0) is 19.6. The van der Waals surface area contributed by atoms with Gasteiger partial charge in [0.15, 0.2) is 5.78 Å². The number of carbonyl (C=O) groups excluding carboxylic acids is 2. The summed E-state index contributed by atoms with van der Waals surface area (Å²) in [4.78, 5) is 29.5. The molecule has 0 unspecified atom stereocenters. The van der Waals surface area contributed by atoms with E-state index in [1.165, 1.54) is 31.3 Å². The number of halogens is 2. The van der Waals surface area contributed by atoms with Gasteiger partial charge < -0.3 is 0 Å². The molecule has 0 saturated carbocycles. The van der Waals surface area contributed by atoms with Gasteiger partial charge in [0, 0.05) is 24.2 Å². The number of rotatable bonds is 4. The van der Waals surface area contributed by atoms with Crippen LogP contribution >= 0.6 is 0 Å². The lowest BCUT2D eigenvalue weighted by molar-refractivity contribution is -0.115. The zero-order valence-electron chi connectivity index (χ0n) is 14.7. The molecule has 3 rings (SSSR count). The second-order valence-corrected chi connectivity index (χ2v) is 6.03. The SMILES string of the molecule is CC(=O)N(c1ccc(C(=O)c2cccc(C)c2)cn1)c1c(F)cccc1F. The number of aromatic nitrogens is 1. The third-order valence-electron chi connectivity index (χ3n) is 4.00. The molecule has 0 aliphatic carbocycles. The van der Waals surface area contributed by atoms with Crippen LogP contribution < -0.4 is 4.90 Å². The fourth-order valence-corrected chi connectivity index (χ4v) is 2.74. The standard InChI is InChI=1S/C21H16F2N2O2/c1-13-5-3-6-15(11-13)21(27)16-9-10-19(24-12-16)25(14(2)26)20-17(22)7-4-8-18(20)23/h3-12H,1-2H3. The van der Waals surface area contributed by atoms with E-state index in [1.54, 1.807) is 18.2 Å². The molecule has 0 bridgehead atoms. The van der Waals surface area contributed by atoms with Crippen molar-refractivity contribution in [2.45, 2.75) is 13.8 Å². The molecule has 3 aromatic rings. The molecule has 0 spiro atoms. The predicted molar refractivity (Wildman–Crippen MR) is 98.0 cm³/mol. The molecular formula is C21H16F2N2O2. The number of aryl methyl sites for hydroxylation is 1. The maximum absolute atomic E-state index is 14.1. The topological polar surface area (TPSA) is 50.3 Å². The number of ketones is 1. The first-order valence-corrected chi connectivity index (χ1v) is 8.20. The third kappa shape index (κ3) is 3.74. The van der Waals surface area contributed by atoms with Crippen LogP contribution in [0.5, 0.6) is 0 Å². The lowest BCUT2D eigenvalue weighted by Gasteiger charge is -2.21. The maximum Gasteiger partial charge on any atom is 0.229 e. The van der Waals surface area contributed by atoms with Crippen LogP contribution in [0, 0.1) is 18.6 Å². The van der Waals surface area contributed by atoms with E-state index in [1.807, 2.05) is 13.0 Å². The fourth-order valence-electron chi connectivity index (χ4n) is 2.74. The maximum atomic E-state index is 14.1. The van der Waals surface area contributed by atoms with Crippen LogP contribution in [0.15, 0.2) is 60.8 Å². The molecule has 6 heteroatoms. The number of hydrogen-bond donors (Lipinski definition) is 0. The Hall–Kier alpha value is -3.41. The van der Waals surface area contributed by atoms with E-state index in [0.29, 0.717) is 11.1 Å². The van der Waals surface area contributed by atoms with Gasteiger partial charge in [-0.25, -0.2) is 13.8 Å². The average molecular weight is 366 g/mol. The molecule has 0 saturated heterocycles. The second-order valence-electron chi connectivity index (χ2n) is 6.03. The molecule has 0 fully saturated rings. The van der Waals surface area contributed by atoms with Gasteiger partial charge in [0.25, 0.3) is 0 Å². The Morgan fingerprint density at radius 1 is 0.926 bits per heavy atom. The number of benzene rings is 2. The molecular weight excluding hydrogens is 350 g/mol. The van der Waals surface area contributed by atoms with E-state index in [9.17, 15) is 18.4 Å². The Kier molecular flexibility index (Phi) is 5.07. The Morgan fingerprint density at radius 2 is 1.59 bits per heavy atom. The molecule has 4 nitrogen and oxygen atoms in total. The summed E-state index contributed by atoms with van der Waals surface area (Å²) < 4.78 is 28.2. The van der Waals surface area contributed by atoms with Gasteiger partial charge in [-0.1, -0.05) is 29.8 Å². The Morgan fingerprint density at radius 3 is 2.15 bits per heavy atom. The van der Waals surface area contributed by atoms with Crippen LogP contribution in [0.3, 0.4) is 0 Å². The van der Waals surface area contributed by atoms with Crippen molar-refractivity contribution in [3.63, 3.8) is 0 Å². The minimum atomic E-state index is -0.882. The van der Waals surface area contributed by atoms with Gasteiger partial charge in [-0.2, -0.15) is 0 Å². The average Bonchev–Trinajstić information content (AvgIpc) is 2.64. The van der Waals surface area contributed by atoms with E-state index in [0.717, 1.165) is 22.6 Å². The Labute approximate surface area is 155 Å². The molecule has 1 aromatic heterocycles. The number of hydrogen-bond acceptors (Lipinski definition) is 3. The van der Waals surface area contributed by atoms with E-state index in [2.05, 4.69) is 4.98 Å². The molecule has 0 atom stereocenters. The van der Waals surface area contributed by atoms with Crippen molar-refractivity contribution in [1.82, 2.24) is 4.98 Å². The van der Waals surface area contributed by atoms with Crippen molar-refractivity contribution in [3.05, 3.63) is 89.1 Å². The summed E-state index contributed by atoms with van der Waals surface area (Å²) in [5.41, 5.74) is 1.26. The molecule has 0 radical (unpaired) electrons. The molecule has 1 heterocycles. The summed E-state index contributed by atoms with van der Waals surface area (Å²) in [5.74, 6) is -2.58. The highest BCUT2D eigenvalue weighted by Crippen LogP contribution is 2.29. The first-order valence-electron chi connectivity index (χ1n) is 8.20. The summed E-state index contributed by atoms with van der Waals surface area (Å²) in [6, 6.07) is 13.3. The van der Waals surface area contributed by atoms with Crippen molar-refractivity contribution in [3.8, 4) is 0 Å². The van der Waals surface area contributed by atoms with E-state index in [4.69, 9.17) is 0 Å². The summed E-state index contributed by atoms with van der Waals surface area (Å²) in [6.45, 7) is 3.06. The Bertz CT molecular complexity index is 997. The van der Waals surface area contributed by atoms with Crippen LogP contribution in [0.2, 0.25) is 0 Å². The largest absolute Gasteiger partial charge is 0.289 e. The van der Waals surface area contributed by atoms with Crippen LogP contribution in [-0.2, 0) is 4.79 Å². The van der Waals surface area contributed by atoms with Gasteiger partial charge in [-0.15, -0.1) is 0 Å². The first-order chi connectivity index (χ1) is 12.9. The highest BCUT2D eigenvalue weighted by Gasteiger charge is 2.23. The quantitative estimate of drug-likeness (QED) is 0.635. The zero-order valence-corrected chi connectivity index (χ0v) is 14.7. The van der Waals surface area contributed by atoms with Gasteiger partial charge in [-0.05, 0) is 37.3 Å². The summed E-state index contributed by atoms with van der Waals surface area (Å²) >= 11 is 0. The third-order valence-corrected chi connectivity index (χ3v) is 4.00. The lowest BCUT2D eigenvalue weighted by atomic mass is 10.0. The molecule has 0 aliphatic heterocycles. The normalized spacial score (nSPS) is 10.5. The van der Waals surface area contributed by atoms with Crippen molar-refractivity contribution < 1.29 is 18.4 Å². The minimum Gasteiger partial charge on any atom is -0.289 e. The number of amides is 1. The molecule has 2 aromatic carbocycles. The van der Waals surface area contributed by atoms with Crippen molar-refractivity contribution >= 4 is 23.2 Å². The molecule has 0 aliphatic rings. The van der Waals surface area contributed by atoms with Crippen LogP contribution in [0.25, 0.3) is 0 Å². The smallest absolute Gasteiger partial charge is 0.229 e. The lowest BCUT2D eigenvalue weighted by Crippen LogP contribution is -2.26. The van der Waals surface area contributed by atoms with Gasteiger partial charge in [0.2, 0.25) is 5.91 Å². The summed E-state index contributed by atoms with van der Waals surface area (Å²) in [6.07, 6.45) is 1.29. The van der Waals surface area contributed by atoms with Gasteiger partial charge in [-0.3, -0.25) is 14.5 Å². The number of carbonyl (C=O) groups is 2. The van der Waals surface area contributed by atoms with Crippen molar-refractivity contribution in [1.29, 1.82) is 0 Å². The van der Waals surface area contributed by atoms with Gasteiger partial charge in [0.05, 0.1) is 0 Å². The molecule has 136 valence electrons. The van der Waals surface area contributed by atoms with Gasteiger partial charge >= 0.3 is 0 Å². The second kappa shape index (κ2) is 7.45. The summed E-state index contributed by atoms with van der Waals surface area (Å²) in [5, 5.41) is 0. The molecule has 27 heavy (non-hydrogen) atoms. The molecule has 0 N–H and O–H groups in total. The van der Waals surface area contributed by atoms with Crippen molar-refractivity contribution in [2.24, 2.45) is 0 Å².